The van der Waals surface area contributed by atoms with Gasteiger partial charge in [0.25, 0.3) is 0 Å². The lowest BCUT2D eigenvalue weighted by Crippen LogP contribution is -2.04. The summed E-state index contributed by atoms with van der Waals surface area (Å²) in [5.41, 5.74) is 3.54. The predicted octanol–water partition coefficient (Wildman–Crippen LogP) is 3.37. The van der Waals surface area contributed by atoms with Crippen molar-refractivity contribution < 1.29 is 5.11 Å². The van der Waals surface area contributed by atoms with E-state index in [0.29, 0.717) is 5.69 Å². The van der Waals surface area contributed by atoms with Crippen molar-refractivity contribution in [3.8, 4) is 0 Å². The second-order valence-electron chi connectivity index (χ2n) is 3.96. The summed E-state index contributed by atoms with van der Waals surface area (Å²) >= 11 is 3.56. The highest BCUT2D eigenvalue weighted by Gasteiger charge is 2.22. The standard InChI is InChI=1S/C14H10BrNO/c15-12-8-9-4-3-7-16-13(9)14(17)11-6-2-1-5-10(11)12/h1-8,14,17H. The molecule has 1 unspecified atom stereocenters. The van der Waals surface area contributed by atoms with Crippen molar-refractivity contribution in [3.63, 3.8) is 0 Å². The number of rotatable bonds is 0. The Morgan fingerprint density at radius 2 is 1.94 bits per heavy atom. The van der Waals surface area contributed by atoms with E-state index in [1.54, 1.807) is 6.20 Å². The van der Waals surface area contributed by atoms with Crippen LogP contribution in [-0.4, -0.2) is 10.1 Å². The minimum absolute atomic E-state index is 0.673. The lowest BCUT2D eigenvalue weighted by molar-refractivity contribution is 0.215. The van der Waals surface area contributed by atoms with Gasteiger partial charge in [-0.1, -0.05) is 46.3 Å². The van der Waals surface area contributed by atoms with Gasteiger partial charge >= 0.3 is 0 Å². The van der Waals surface area contributed by atoms with E-state index in [4.69, 9.17) is 0 Å². The number of fused-ring (bicyclic) bond motifs is 2. The number of hydrogen-bond acceptors (Lipinski definition) is 2. The molecule has 1 N–H and O–H groups in total. The summed E-state index contributed by atoms with van der Waals surface area (Å²) < 4.78 is 0.971. The molecule has 0 spiro atoms. The number of aliphatic hydroxyl groups excluding tert-OH is 1. The van der Waals surface area contributed by atoms with Crippen LogP contribution >= 0.6 is 15.9 Å². The first-order valence-electron chi connectivity index (χ1n) is 5.37. The third-order valence-electron chi connectivity index (χ3n) is 2.93. The summed E-state index contributed by atoms with van der Waals surface area (Å²) in [7, 11) is 0. The molecule has 1 aliphatic carbocycles. The highest BCUT2D eigenvalue weighted by atomic mass is 79.9. The maximum absolute atomic E-state index is 10.4. The van der Waals surface area contributed by atoms with E-state index < -0.39 is 6.10 Å². The number of nitrogens with zero attached hydrogens (tertiary/aromatic N) is 1. The quantitative estimate of drug-likeness (QED) is 0.806. The maximum Gasteiger partial charge on any atom is 0.122 e. The average Bonchev–Trinajstić information content (AvgIpc) is 2.48. The lowest BCUT2D eigenvalue weighted by Gasteiger charge is -2.13. The number of pyridine rings is 1. The molecule has 1 heterocycles. The van der Waals surface area contributed by atoms with Gasteiger partial charge in [-0.05, 0) is 23.3 Å². The molecule has 17 heavy (non-hydrogen) atoms. The Hall–Kier alpha value is -1.45. The molecule has 1 aromatic carbocycles. The minimum atomic E-state index is -0.673. The molecule has 0 fully saturated rings. The van der Waals surface area contributed by atoms with E-state index >= 15 is 0 Å². The zero-order chi connectivity index (χ0) is 11.8. The van der Waals surface area contributed by atoms with Gasteiger partial charge in [0.15, 0.2) is 0 Å². The van der Waals surface area contributed by atoms with Crippen LogP contribution in [0.15, 0.2) is 42.6 Å². The number of benzene rings is 1. The maximum atomic E-state index is 10.4. The van der Waals surface area contributed by atoms with Crippen molar-refractivity contribution in [2.45, 2.75) is 6.10 Å². The van der Waals surface area contributed by atoms with Crippen LogP contribution in [0.4, 0.5) is 0 Å². The molecule has 0 saturated heterocycles. The fraction of sp³-hybridized carbons (Fsp3) is 0.0714. The summed E-state index contributed by atoms with van der Waals surface area (Å²) in [5.74, 6) is 0. The van der Waals surface area contributed by atoms with E-state index in [2.05, 4.69) is 20.9 Å². The summed E-state index contributed by atoms with van der Waals surface area (Å²) in [6.07, 6.45) is 3.03. The van der Waals surface area contributed by atoms with Crippen LogP contribution < -0.4 is 0 Å². The topological polar surface area (TPSA) is 33.1 Å². The van der Waals surface area contributed by atoms with Gasteiger partial charge in [-0.15, -0.1) is 0 Å². The molecule has 0 saturated carbocycles. The SMILES string of the molecule is OC1c2ccccc2C(Br)=Cc2cccnc21. The van der Waals surface area contributed by atoms with E-state index in [1.807, 2.05) is 42.5 Å². The Morgan fingerprint density at radius 1 is 1.12 bits per heavy atom. The first-order chi connectivity index (χ1) is 8.27. The molecular weight excluding hydrogens is 278 g/mol. The zero-order valence-corrected chi connectivity index (χ0v) is 10.6. The summed E-state index contributed by atoms with van der Waals surface area (Å²) in [6, 6.07) is 11.6. The molecule has 0 aliphatic heterocycles. The van der Waals surface area contributed by atoms with Crippen molar-refractivity contribution in [2.75, 3.05) is 0 Å². The molecule has 2 nitrogen and oxygen atoms in total. The highest BCUT2D eigenvalue weighted by molar-refractivity contribution is 9.15. The van der Waals surface area contributed by atoms with Crippen molar-refractivity contribution in [1.29, 1.82) is 0 Å². The Bertz CT molecular complexity index is 607. The molecule has 3 heteroatoms. The van der Waals surface area contributed by atoms with Crippen LogP contribution in [0.2, 0.25) is 0 Å². The van der Waals surface area contributed by atoms with Crippen molar-refractivity contribution in [3.05, 3.63) is 65.0 Å². The molecule has 84 valence electrons. The smallest absolute Gasteiger partial charge is 0.122 e. The molecule has 0 amide bonds. The van der Waals surface area contributed by atoms with Gasteiger partial charge in [-0.2, -0.15) is 0 Å². The predicted molar refractivity (Wildman–Crippen MR) is 71.5 cm³/mol. The third kappa shape index (κ3) is 1.72. The van der Waals surface area contributed by atoms with E-state index in [1.165, 1.54) is 0 Å². The second kappa shape index (κ2) is 4.09. The molecule has 1 aliphatic rings. The monoisotopic (exact) mass is 287 g/mol. The summed E-state index contributed by atoms with van der Waals surface area (Å²) in [5, 5.41) is 10.4. The fourth-order valence-corrected chi connectivity index (χ4v) is 2.70. The van der Waals surface area contributed by atoms with Crippen LogP contribution in [0.3, 0.4) is 0 Å². The number of aliphatic hydroxyl groups is 1. The minimum Gasteiger partial charge on any atom is -0.382 e. The largest absolute Gasteiger partial charge is 0.382 e. The molecule has 0 bridgehead atoms. The van der Waals surface area contributed by atoms with Gasteiger partial charge in [-0.3, -0.25) is 4.98 Å². The Labute approximate surface area is 108 Å². The van der Waals surface area contributed by atoms with Gasteiger partial charge < -0.3 is 5.11 Å². The first-order valence-corrected chi connectivity index (χ1v) is 6.16. The van der Waals surface area contributed by atoms with Crippen molar-refractivity contribution in [2.24, 2.45) is 0 Å². The second-order valence-corrected chi connectivity index (χ2v) is 4.81. The normalized spacial score (nSPS) is 17.8. The van der Waals surface area contributed by atoms with Crippen LogP contribution in [0.25, 0.3) is 10.6 Å². The molecule has 1 aromatic heterocycles. The molecule has 1 atom stereocenters. The van der Waals surface area contributed by atoms with Gasteiger partial charge in [0.1, 0.15) is 6.10 Å². The zero-order valence-electron chi connectivity index (χ0n) is 8.97. The fourth-order valence-electron chi connectivity index (χ4n) is 2.09. The van der Waals surface area contributed by atoms with Gasteiger partial charge in [0.05, 0.1) is 5.69 Å². The third-order valence-corrected chi connectivity index (χ3v) is 3.58. The Kier molecular flexibility index (Phi) is 2.57. The number of hydrogen-bond donors (Lipinski definition) is 1. The lowest BCUT2D eigenvalue weighted by atomic mass is 10.0. The number of halogens is 1. The highest BCUT2D eigenvalue weighted by Crippen LogP contribution is 2.37. The summed E-state index contributed by atoms with van der Waals surface area (Å²) in [4.78, 5) is 4.28. The van der Waals surface area contributed by atoms with E-state index in [9.17, 15) is 5.11 Å². The summed E-state index contributed by atoms with van der Waals surface area (Å²) in [6.45, 7) is 0. The molecular formula is C14H10BrNO. The Balaban J connectivity index is 2.32. The molecule has 2 aromatic rings. The molecule has 3 rings (SSSR count). The van der Waals surface area contributed by atoms with Crippen LogP contribution in [-0.2, 0) is 0 Å². The first kappa shape index (κ1) is 10.7. The Morgan fingerprint density at radius 3 is 2.82 bits per heavy atom. The van der Waals surface area contributed by atoms with Crippen molar-refractivity contribution in [1.82, 2.24) is 4.98 Å². The van der Waals surface area contributed by atoms with Crippen LogP contribution in [0.5, 0.6) is 0 Å². The number of aromatic nitrogens is 1. The van der Waals surface area contributed by atoms with E-state index in [-0.39, 0.29) is 0 Å². The van der Waals surface area contributed by atoms with Gasteiger partial charge in [0.2, 0.25) is 0 Å². The average molecular weight is 288 g/mol. The molecule has 0 radical (unpaired) electrons. The van der Waals surface area contributed by atoms with Gasteiger partial charge in [0, 0.05) is 16.2 Å². The van der Waals surface area contributed by atoms with Crippen molar-refractivity contribution >= 4 is 26.5 Å². The van der Waals surface area contributed by atoms with Crippen LogP contribution in [0, 0.1) is 0 Å². The van der Waals surface area contributed by atoms with E-state index in [0.717, 1.165) is 21.2 Å². The van der Waals surface area contributed by atoms with Gasteiger partial charge in [-0.25, -0.2) is 0 Å². The van der Waals surface area contributed by atoms with Crippen LogP contribution in [0.1, 0.15) is 28.5 Å².